The quantitative estimate of drug-likeness (QED) is 0.215. The molecule has 10 heteroatoms. The number of rotatable bonds is 7. The maximum Gasteiger partial charge on any atom is 0.343 e. The first-order valence-corrected chi connectivity index (χ1v) is 13.9. The van der Waals surface area contributed by atoms with E-state index in [1.54, 1.807) is 42.5 Å². The largest absolute Gasteiger partial charge is 0.419 e. The summed E-state index contributed by atoms with van der Waals surface area (Å²) < 4.78 is 37.1. The van der Waals surface area contributed by atoms with Crippen LogP contribution in [0.25, 0.3) is 0 Å². The van der Waals surface area contributed by atoms with Crippen LogP contribution < -0.4 is 14.8 Å². The van der Waals surface area contributed by atoms with E-state index in [4.69, 9.17) is 14.0 Å². The molecule has 210 valence electrons. The van der Waals surface area contributed by atoms with Crippen LogP contribution in [0.3, 0.4) is 0 Å². The lowest BCUT2D eigenvalue weighted by Gasteiger charge is -2.23. The van der Waals surface area contributed by atoms with Gasteiger partial charge in [-0.25, -0.2) is 9.59 Å². The summed E-state index contributed by atoms with van der Waals surface area (Å²) in [5.41, 5.74) is 2.94. The van der Waals surface area contributed by atoms with Gasteiger partial charge in [-0.15, -0.1) is 0 Å². The molecule has 0 heterocycles. The van der Waals surface area contributed by atoms with E-state index in [-0.39, 0.29) is 17.0 Å². The van der Waals surface area contributed by atoms with Crippen LogP contribution in [0.4, 0.5) is 0 Å². The average Bonchev–Trinajstić information content (AvgIpc) is 2.82. The Morgan fingerprint density at radius 3 is 1.74 bits per heavy atom. The molecule has 1 atom stereocenters. The van der Waals surface area contributed by atoms with Gasteiger partial charge in [-0.1, -0.05) is 41.5 Å². The van der Waals surface area contributed by atoms with Gasteiger partial charge in [-0.2, -0.15) is 8.42 Å². The first kappa shape index (κ1) is 31.6. The minimum absolute atomic E-state index is 0.0554. The maximum absolute atomic E-state index is 12.8. The lowest BCUT2D eigenvalue weighted by molar-refractivity contribution is 0.0681. The van der Waals surface area contributed by atoms with Crippen molar-refractivity contribution in [2.45, 2.75) is 46.3 Å². The summed E-state index contributed by atoms with van der Waals surface area (Å²) in [5.74, 6) is -1.01. The number of carbonyl (C=O) groups is 2. The molecule has 3 N–H and O–H groups in total. The number of aliphatic hydroxyl groups excluding tert-OH is 1. The van der Waals surface area contributed by atoms with Gasteiger partial charge in [0.15, 0.2) is 11.5 Å². The highest BCUT2D eigenvalue weighted by Crippen LogP contribution is 2.32. The van der Waals surface area contributed by atoms with E-state index in [1.807, 2.05) is 46.8 Å². The highest BCUT2D eigenvalue weighted by molar-refractivity contribution is 7.85. The van der Waals surface area contributed by atoms with Crippen LogP contribution in [-0.4, -0.2) is 48.4 Å². The molecular weight excluding hydrogens is 522 g/mol. The minimum atomic E-state index is -3.67. The van der Waals surface area contributed by atoms with Crippen LogP contribution in [0.5, 0.6) is 11.5 Å². The second-order valence-corrected chi connectivity index (χ2v) is 11.6. The second kappa shape index (κ2) is 13.5. The van der Waals surface area contributed by atoms with Gasteiger partial charge in [0.1, 0.15) is 0 Å². The molecule has 0 saturated carbocycles. The molecular formula is C29H35NO8S. The predicted molar refractivity (Wildman–Crippen MR) is 149 cm³/mol. The molecule has 0 radical (unpaired) electrons. The number of aryl methyl sites for hydroxylation is 2. The zero-order chi connectivity index (χ0) is 29.4. The topological polar surface area (TPSA) is 139 Å². The van der Waals surface area contributed by atoms with Gasteiger partial charge in [-0.05, 0) is 76.6 Å². The van der Waals surface area contributed by atoms with E-state index in [0.29, 0.717) is 29.5 Å². The van der Waals surface area contributed by atoms with E-state index in [2.05, 4.69) is 5.32 Å². The van der Waals surface area contributed by atoms with Crippen LogP contribution in [0, 0.1) is 13.8 Å². The van der Waals surface area contributed by atoms with Gasteiger partial charge in [0.25, 0.3) is 10.1 Å². The molecule has 3 aromatic rings. The van der Waals surface area contributed by atoms with E-state index < -0.39 is 28.2 Å². The van der Waals surface area contributed by atoms with Gasteiger partial charge >= 0.3 is 11.9 Å². The number of esters is 2. The van der Waals surface area contributed by atoms with Gasteiger partial charge in [0.05, 0.1) is 23.5 Å². The molecule has 0 aliphatic rings. The summed E-state index contributed by atoms with van der Waals surface area (Å²) in [5, 5.41) is 13.9. The number of carbonyl (C=O) groups excluding carboxylic acids is 2. The van der Waals surface area contributed by atoms with Gasteiger partial charge < -0.3 is 19.9 Å². The number of hydrogen-bond acceptors (Lipinski definition) is 8. The third-order valence-corrected chi connectivity index (χ3v) is 5.09. The summed E-state index contributed by atoms with van der Waals surface area (Å²) in [7, 11) is -3.67. The highest BCUT2D eigenvalue weighted by atomic mass is 32.2. The van der Waals surface area contributed by atoms with Crippen molar-refractivity contribution in [3.05, 3.63) is 94.5 Å². The second-order valence-electron chi connectivity index (χ2n) is 10.1. The SMILES string of the molecule is CS(=O)(=O)O.Cc1cccc(C(=O)Oc2ccc([C@@H](O)CNC(C)(C)C)cc2OC(=O)c2cccc(C)c2)c1. The minimum Gasteiger partial charge on any atom is -0.419 e. The average molecular weight is 558 g/mol. The fourth-order valence-corrected chi connectivity index (χ4v) is 3.28. The van der Waals surface area contributed by atoms with Gasteiger partial charge in [0, 0.05) is 12.1 Å². The fourth-order valence-electron chi connectivity index (χ4n) is 3.28. The Bertz CT molecular complexity index is 1400. The Morgan fingerprint density at radius 1 is 0.846 bits per heavy atom. The van der Waals surface area contributed by atoms with Crippen LogP contribution >= 0.6 is 0 Å². The highest BCUT2D eigenvalue weighted by Gasteiger charge is 2.20. The summed E-state index contributed by atoms with van der Waals surface area (Å²) in [6.45, 7) is 10.1. The van der Waals surface area contributed by atoms with Crippen molar-refractivity contribution < 1.29 is 37.1 Å². The molecule has 0 fully saturated rings. The van der Waals surface area contributed by atoms with Crippen molar-refractivity contribution >= 4 is 22.1 Å². The number of ether oxygens (including phenoxy) is 2. The maximum atomic E-state index is 12.8. The van der Waals surface area contributed by atoms with Gasteiger partial charge in [-0.3, -0.25) is 4.55 Å². The molecule has 0 aliphatic carbocycles. The number of aliphatic hydroxyl groups is 1. The molecule has 0 spiro atoms. The van der Waals surface area contributed by atoms with E-state index >= 15 is 0 Å². The zero-order valence-corrected chi connectivity index (χ0v) is 23.7. The van der Waals surface area contributed by atoms with E-state index in [0.717, 1.165) is 11.1 Å². The normalized spacial score (nSPS) is 12.1. The van der Waals surface area contributed by atoms with Crippen molar-refractivity contribution in [2.75, 3.05) is 12.8 Å². The molecule has 0 saturated heterocycles. The molecule has 39 heavy (non-hydrogen) atoms. The smallest absolute Gasteiger partial charge is 0.343 e. The first-order chi connectivity index (χ1) is 18.0. The van der Waals surface area contributed by atoms with Crippen LogP contribution in [0.2, 0.25) is 0 Å². The Labute approximate surface area is 229 Å². The molecule has 0 bridgehead atoms. The predicted octanol–water partition coefficient (Wildman–Crippen LogP) is 4.67. The summed E-state index contributed by atoms with van der Waals surface area (Å²) in [6, 6.07) is 18.8. The number of β-amino-alcohol motifs (C(OH)–C–C–N with tert-alkyl or cyclic N) is 1. The first-order valence-electron chi connectivity index (χ1n) is 12.1. The fraction of sp³-hybridized carbons (Fsp3) is 0.310. The van der Waals surface area contributed by atoms with E-state index in [9.17, 15) is 23.1 Å². The summed E-state index contributed by atoms with van der Waals surface area (Å²) in [4.78, 5) is 25.5. The molecule has 0 aliphatic heterocycles. The van der Waals surface area contributed by atoms with Crippen molar-refractivity contribution in [1.29, 1.82) is 0 Å². The van der Waals surface area contributed by atoms with Crippen LogP contribution in [0.15, 0.2) is 66.7 Å². The Kier molecular flexibility index (Phi) is 10.9. The Hall–Kier alpha value is -3.57. The number of hydrogen-bond donors (Lipinski definition) is 3. The Morgan fingerprint density at radius 2 is 1.31 bits per heavy atom. The van der Waals surface area contributed by atoms with Crippen molar-refractivity contribution in [1.82, 2.24) is 5.32 Å². The number of nitrogens with one attached hydrogen (secondary N) is 1. The van der Waals surface area contributed by atoms with Crippen molar-refractivity contribution in [3.8, 4) is 11.5 Å². The van der Waals surface area contributed by atoms with Crippen LogP contribution in [-0.2, 0) is 10.1 Å². The van der Waals surface area contributed by atoms with E-state index in [1.165, 1.54) is 12.1 Å². The van der Waals surface area contributed by atoms with Gasteiger partial charge in [0.2, 0.25) is 0 Å². The molecule has 0 aromatic heterocycles. The lowest BCUT2D eigenvalue weighted by atomic mass is 10.1. The standard InChI is InChI=1S/C28H31NO5.CH4O3S/c1-18-8-6-10-21(14-18)26(31)33-24-13-12-20(23(30)17-29-28(3,4)5)16-25(24)34-27(32)22-11-7-9-19(2)15-22;1-5(2,3)4/h6-16,23,29-30H,17H2,1-5H3;1H3,(H,2,3,4)/t23-;/m0./s1. The number of benzene rings is 3. The molecule has 0 amide bonds. The zero-order valence-electron chi connectivity index (χ0n) is 22.9. The third kappa shape index (κ3) is 11.8. The Balaban J connectivity index is 0.000000976. The summed E-state index contributed by atoms with van der Waals surface area (Å²) >= 11 is 0. The lowest BCUT2D eigenvalue weighted by Crippen LogP contribution is -2.38. The van der Waals surface area contributed by atoms with Crippen LogP contribution in [0.1, 0.15) is 64.3 Å². The summed E-state index contributed by atoms with van der Waals surface area (Å²) in [6.07, 6.45) is -0.135. The molecule has 3 rings (SSSR count). The van der Waals surface area contributed by atoms with Crippen molar-refractivity contribution in [3.63, 3.8) is 0 Å². The molecule has 9 nitrogen and oxygen atoms in total. The molecule has 3 aromatic carbocycles. The molecule has 0 unspecified atom stereocenters. The third-order valence-electron chi connectivity index (χ3n) is 5.09. The monoisotopic (exact) mass is 557 g/mol. The van der Waals surface area contributed by atoms with Crippen molar-refractivity contribution in [2.24, 2.45) is 0 Å².